The van der Waals surface area contributed by atoms with Gasteiger partial charge in [0.2, 0.25) is 0 Å². The number of nitrogens with one attached hydrogen (secondary N) is 1. The largest absolute Gasteiger partial charge is 0.383 e. The maximum atomic E-state index is 10.7. The van der Waals surface area contributed by atoms with Crippen LogP contribution in [0.25, 0.3) is 0 Å². The Morgan fingerprint density at radius 3 is 2.74 bits per heavy atom. The van der Waals surface area contributed by atoms with Crippen molar-refractivity contribution in [3.8, 4) is 0 Å². The first-order chi connectivity index (χ1) is 9.18. The monoisotopic (exact) mass is 279 g/mol. The fourth-order valence-corrected chi connectivity index (χ4v) is 3.68. The number of rotatable bonds is 3. The van der Waals surface area contributed by atoms with Crippen molar-refractivity contribution >= 4 is 11.3 Å². The molecule has 0 amide bonds. The lowest BCUT2D eigenvalue weighted by molar-refractivity contribution is -0.0240. The van der Waals surface area contributed by atoms with Crippen LogP contribution in [0.4, 0.5) is 0 Å². The predicted molar refractivity (Wildman–Crippen MR) is 70.6 cm³/mol. The standard InChI is InChI=1S/C12H17N5OS/c1-12(18,11-13-6-7-19-11)9-4-2-8(3-5-9)10-14-16-17-15-10/h6-9,18H,2-5H2,1H3,(H,14,15,16,17). The normalized spacial score (nSPS) is 27.1. The van der Waals surface area contributed by atoms with Crippen LogP contribution in [0.15, 0.2) is 11.6 Å². The van der Waals surface area contributed by atoms with Gasteiger partial charge >= 0.3 is 0 Å². The van der Waals surface area contributed by atoms with E-state index in [2.05, 4.69) is 25.6 Å². The molecule has 1 unspecified atom stereocenters. The topological polar surface area (TPSA) is 87.6 Å². The van der Waals surface area contributed by atoms with Crippen LogP contribution in [-0.4, -0.2) is 30.7 Å². The molecule has 2 N–H and O–H groups in total. The van der Waals surface area contributed by atoms with Gasteiger partial charge in [0.05, 0.1) is 0 Å². The Kier molecular flexibility index (Phi) is 3.32. The van der Waals surface area contributed by atoms with E-state index in [1.807, 2.05) is 12.3 Å². The molecule has 0 aliphatic heterocycles. The number of aromatic nitrogens is 5. The van der Waals surface area contributed by atoms with Gasteiger partial charge in [-0.2, -0.15) is 5.21 Å². The Morgan fingerprint density at radius 2 is 2.16 bits per heavy atom. The van der Waals surface area contributed by atoms with E-state index < -0.39 is 5.60 Å². The fraction of sp³-hybridized carbons (Fsp3) is 0.667. The molecule has 1 aliphatic carbocycles. The molecule has 1 saturated carbocycles. The van der Waals surface area contributed by atoms with E-state index >= 15 is 0 Å². The van der Waals surface area contributed by atoms with Crippen LogP contribution in [0.5, 0.6) is 0 Å². The molecule has 0 bridgehead atoms. The minimum absolute atomic E-state index is 0.252. The second kappa shape index (κ2) is 4.97. The highest BCUT2D eigenvalue weighted by molar-refractivity contribution is 7.09. The van der Waals surface area contributed by atoms with Gasteiger partial charge in [0.25, 0.3) is 0 Å². The highest BCUT2D eigenvalue weighted by atomic mass is 32.1. The van der Waals surface area contributed by atoms with Crippen molar-refractivity contribution in [3.63, 3.8) is 0 Å². The van der Waals surface area contributed by atoms with Gasteiger partial charge in [0.15, 0.2) is 5.82 Å². The third-order valence-corrected chi connectivity index (χ3v) is 5.11. The minimum Gasteiger partial charge on any atom is -0.383 e. The van der Waals surface area contributed by atoms with E-state index in [1.54, 1.807) is 6.20 Å². The number of tetrazole rings is 1. The van der Waals surface area contributed by atoms with Crippen molar-refractivity contribution in [3.05, 3.63) is 22.4 Å². The Morgan fingerprint density at radius 1 is 1.37 bits per heavy atom. The molecular formula is C12H17N5OS. The molecule has 2 aromatic heterocycles. The second-order valence-corrected chi connectivity index (χ2v) is 6.20. The zero-order chi connectivity index (χ0) is 13.3. The lowest BCUT2D eigenvalue weighted by Crippen LogP contribution is -2.34. The molecule has 3 rings (SSSR count). The van der Waals surface area contributed by atoms with Gasteiger partial charge in [-0.05, 0) is 38.5 Å². The van der Waals surface area contributed by atoms with E-state index in [0.29, 0.717) is 5.92 Å². The predicted octanol–water partition coefficient (Wildman–Crippen LogP) is 1.84. The van der Waals surface area contributed by atoms with Crippen molar-refractivity contribution in [2.45, 2.75) is 44.1 Å². The van der Waals surface area contributed by atoms with Gasteiger partial charge < -0.3 is 5.11 Å². The molecule has 6 nitrogen and oxygen atoms in total. The van der Waals surface area contributed by atoms with Crippen molar-refractivity contribution in [1.82, 2.24) is 25.6 Å². The summed E-state index contributed by atoms with van der Waals surface area (Å²) in [5.74, 6) is 1.41. The summed E-state index contributed by atoms with van der Waals surface area (Å²) in [5, 5.41) is 27.7. The molecule has 0 spiro atoms. The molecule has 0 radical (unpaired) electrons. The van der Waals surface area contributed by atoms with Gasteiger partial charge in [0, 0.05) is 17.5 Å². The number of hydrogen-bond donors (Lipinski definition) is 2. The van der Waals surface area contributed by atoms with Gasteiger partial charge in [-0.3, -0.25) is 0 Å². The summed E-state index contributed by atoms with van der Waals surface area (Å²) in [7, 11) is 0. The van der Waals surface area contributed by atoms with Crippen LogP contribution in [0.2, 0.25) is 0 Å². The summed E-state index contributed by atoms with van der Waals surface area (Å²) in [6.07, 6.45) is 5.66. The molecule has 1 fully saturated rings. The van der Waals surface area contributed by atoms with Crippen molar-refractivity contribution in [2.75, 3.05) is 0 Å². The van der Waals surface area contributed by atoms with Gasteiger partial charge in [0.1, 0.15) is 10.6 Å². The van der Waals surface area contributed by atoms with E-state index in [4.69, 9.17) is 0 Å². The maximum absolute atomic E-state index is 10.7. The average molecular weight is 279 g/mol. The third-order valence-electron chi connectivity index (χ3n) is 4.11. The van der Waals surface area contributed by atoms with Gasteiger partial charge in [-0.25, -0.2) is 4.98 Å². The number of aromatic amines is 1. The van der Waals surface area contributed by atoms with Gasteiger partial charge in [-0.15, -0.1) is 21.5 Å². The summed E-state index contributed by atoms with van der Waals surface area (Å²) in [5.41, 5.74) is -0.823. The zero-order valence-corrected chi connectivity index (χ0v) is 11.6. The first-order valence-electron chi connectivity index (χ1n) is 6.53. The van der Waals surface area contributed by atoms with Crippen LogP contribution in [0.3, 0.4) is 0 Å². The molecule has 1 atom stereocenters. The van der Waals surface area contributed by atoms with Crippen LogP contribution in [0.1, 0.15) is 49.4 Å². The van der Waals surface area contributed by atoms with Crippen molar-refractivity contribution in [2.24, 2.45) is 5.92 Å². The van der Waals surface area contributed by atoms with Crippen molar-refractivity contribution in [1.29, 1.82) is 0 Å². The summed E-state index contributed by atoms with van der Waals surface area (Å²) in [6.45, 7) is 1.88. The molecule has 0 aromatic carbocycles. The van der Waals surface area contributed by atoms with E-state index in [0.717, 1.165) is 36.5 Å². The van der Waals surface area contributed by atoms with E-state index in [-0.39, 0.29) is 5.92 Å². The zero-order valence-electron chi connectivity index (χ0n) is 10.8. The Balaban J connectivity index is 1.67. The summed E-state index contributed by atoms with van der Waals surface area (Å²) >= 11 is 1.52. The summed E-state index contributed by atoms with van der Waals surface area (Å²) in [6, 6.07) is 0. The third kappa shape index (κ3) is 2.40. The second-order valence-electron chi connectivity index (χ2n) is 5.30. The highest BCUT2D eigenvalue weighted by Crippen LogP contribution is 2.43. The Labute approximate surface area is 115 Å². The molecule has 1 aliphatic rings. The summed E-state index contributed by atoms with van der Waals surface area (Å²) in [4.78, 5) is 4.26. The lowest BCUT2D eigenvalue weighted by atomic mass is 9.74. The number of hydrogen-bond acceptors (Lipinski definition) is 6. The highest BCUT2D eigenvalue weighted by Gasteiger charge is 2.39. The van der Waals surface area contributed by atoms with Crippen LogP contribution in [0, 0.1) is 5.92 Å². The lowest BCUT2D eigenvalue weighted by Gasteiger charge is -2.36. The first-order valence-corrected chi connectivity index (χ1v) is 7.41. The minimum atomic E-state index is -0.823. The maximum Gasteiger partial charge on any atom is 0.177 e. The smallest absolute Gasteiger partial charge is 0.177 e. The van der Waals surface area contributed by atoms with E-state index in [1.165, 1.54) is 11.3 Å². The first kappa shape index (κ1) is 12.7. The quantitative estimate of drug-likeness (QED) is 0.895. The van der Waals surface area contributed by atoms with E-state index in [9.17, 15) is 5.11 Å². The number of H-pyrrole nitrogens is 1. The van der Waals surface area contributed by atoms with Gasteiger partial charge in [-0.1, -0.05) is 5.21 Å². The fourth-order valence-electron chi connectivity index (χ4n) is 2.90. The van der Waals surface area contributed by atoms with Crippen LogP contribution in [-0.2, 0) is 5.60 Å². The number of aliphatic hydroxyl groups is 1. The SMILES string of the molecule is CC(O)(c1nccs1)C1CCC(c2nn[nH]n2)CC1. The van der Waals surface area contributed by atoms with Crippen LogP contribution >= 0.6 is 11.3 Å². The molecule has 102 valence electrons. The molecule has 2 heterocycles. The molecule has 7 heteroatoms. The van der Waals surface area contributed by atoms with Crippen molar-refractivity contribution < 1.29 is 5.11 Å². The molecule has 19 heavy (non-hydrogen) atoms. The molecular weight excluding hydrogens is 262 g/mol. The Bertz CT molecular complexity index is 502. The van der Waals surface area contributed by atoms with Crippen LogP contribution < -0.4 is 0 Å². The number of thiazole rings is 1. The number of nitrogens with zero attached hydrogens (tertiary/aromatic N) is 4. The summed E-state index contributed by atoms with van der Waals surface area (Å²) < 4.78 is 0. The average Bonchev–Trinajstić information content (AvgIpc) is 3.12. The molecule has 2 aromatic rings. The molecule has 0 saturated heterocycles. The Hall–Kier alpha value is -1.34.